The van der Waals surface area contributed by atoms with Crippen molar-refractivity contribution >= 4 is 16.5 Å². The predicted molar refractivity (Wildman–Crippen MR) is 64.3 cm³/mol. The summed E-state index contributed by atoms with van der Waals surface area (Å²) in [7, 11) is 2.18. The van der Waals surface area contributed by atoms with E-state index in [1.807, 2.05) is 0 Å². The lowest BCUT2D eigenvalue weighted by Gasteiger charge is -2.19. The molecular formula is C10H18N4S. The molecule has 1 aliphatic rings. The molecule has 0 spiro atoms. The summed E-state index contributed by atoms with van der Waals surface area (Å²) in [5.41, 5.74) is 6.57. The lowest BCUT2D eigenvalue weighted by atomic mass is 10.4. The van der Waals surface area contributed by atoms with Crippen LogP contribution in [0.4, 0.5) is 5.13 Å². The van der Waals surface area contributed by atoms with E-state index in [1.165, 1.54) is 13.0 Å². The highest BCUT2D eigenvalue weighted by Gasteiger charge is 2.14. The molecule has 1 fully saturated rings. The Morgan fingerprint density at radius 2 is 2.27 bits per heavy atom. The number of aromatic nitrogens is 1. The Kier molecular flexibility index (Phi) is 3.56. The summed E-state index contributed by atoms with van der Waals surface area (Å²) in [4.78, 5) is 9.26. The third-order valence-corrected chi connectivity index (χ3v) is 3.69. The van der Waals surface area contributed by atoms with E-state index < -0.39 is 0 Å². The molecule has 1 aliphatic heterocycles. The van der Waals surface area contributed by atoms with Crippen molar-refractivity contribution in [3.05, 3.63) is 11.1 Å². The normalized spacial score (nSPS) is 19.2. The second kappa shape index (κ2) is 4.92. The van der Waals surface area contributed by atoms with Crippen LogP contribution in [-0.4, -0.2) is 43.1 Å². The smallest absolute Gasteiger partial charge is 0.185 e. The fourth-order valence-electron chi connectivity index (χ4n) is 1.77. The van der Waals surface area contributed by atoms with Crippen LogP contribution >= 0.6 is 11.3 Å². The van der Waals surface area contributed by atoms with Gasteiger partial charge in [-0.1, -0.05) is 0 Å². The van der Waals surface area contributed by atoms with Crippen molar-refractivity contribution in [1.29, 1.82) is 0 Å². The van der Waals surface area contributed by atoms with Crippen LogP contribution in [0.2, 0.25) is 0 Å². The Balaban J connectivity index is 2.03. The van der Waals surface area contributed by atoms with Gasteiger partial charge in [0.1, 0.15) is 0 Å². The average molecular weight is 226 g/mol. The lowest BCUT2D eigenvalue weighted by Crippen LogP contribution is -2.28. The van der Waals surface area contributed by atoms with Crippen molar-refractivity contribution in [2.45, 2.75) is 13.0 Å². The van der Waals surface area contributed by atoms with E-state index in [2.05, 4.69) is 27.2 Å². The maximum absolute atomic E-state index is 5.56. The van der Waals surface area contributed by atoms with E-state index >= 15 is 0 Å². The van der Waals surface area contributed by atoms with Gasteiger partial charge in [0.25, 0.3) is 0 Å². The fraction of sp³-hybridized carbons (Fsp3) is 0.700. The fourth-order valence-corrected chi connectivity index (χ4v) is 2.67. The van der Waals surface area contributed by atoms with Gasteiger partial charge < -0.3 is 15.5 Å². The summed E-state index contributed by atoms with van der Waals surface area (Å²) in [6.45, 7) is 5.04. The number of hydrogen-bond donors (Lipinski definition) is 1. The monoisotopic (exact) mass is 226 g/mol. The molecule has 1 aromatic heterocycles. The summed E-state index contributed by atoms with van der Waals surface area (Å²) >= 11 is 1.71. The van der Waals surface area contributed by atoms with Crippen LogP contribution in [0.1, 0.15) is 12.1 Å². The molecule has 2 N–H and O–H groups in total. The minimum atomic E-state index is 0.546. The standard InChI is InChI=1S/C10H18N4S/c1-13-3-2-4-14(6-5-13)10-12-9(7-11)8-15-10/h8H,2-7,11H2,1H3. The number of nitrogens with two attached hydrogens (primary N) is 1. The molecule has 0 aromatic carbocycles. The van der Waals surface area contributed by atoms with Gasteiger partial charge in [-0.2, -0.15) is 0 Å². The molecule has 4 nitrogen and oxygen atoms in total. The maximum atomic E-state index is 5.56. The van der Waals surface area contributed by atoms with Crippen molar-refractivity contribution in [3.8, 4) is 0 Å². The second-order valence-electron chi connectivity index (χ2n) is 3.97. The van der Waals surface area contributed by atoms with Crippen LogP contribution in [0.3, 0.4) is 0 Å². The summed E-state index contributed by atoms with van der Waals surface area (Å²) in [6, 6.07) is 0. The van der Waals surface area contributed by atoms with E-state index in [4.69, 9.17) is 5.73 Å². The molecule has 0 atom stereocenters. The molecule has 5 heteroatoms. The van der Waals surface area contributed by atoms with Crippen LogP contribution in [0.5, 0.6) is 0 Å². The first-order valence-electron chi connectivity index (χ1n) is 5.37. The molecule has 1 saturated heterocycles. The predicted octanol–water partition coefficient (Wildman–Crippen LogP) is 0.744. The first-order chi connectivity index (χ1) is 7.29. The minimum absolute atomic E-state index is 0.546. The van der Waals surface area contributed by atoms with Crippen molar-refractivity contribution in [2.24, 2.45) is 5.73 Å². The van der Waals surface area contributed by atoms with Gasteiger partial charge in [-0.3, -0.25) is 0 Å². The van der Waals surface area contributed by atoms with E-state index in [0.717, 1.165) is 30.5 Å². The summed E-state index contributed by atoms with van der Waals surface area (Å²) in [6.07, 6.45) is 1.22. The number of likely N-dealkylation sites (N-methyl/N-ethyl adjacent to an activating group) is 1. The summed E-state index contributed by atoms with van der Waals surface area (Å²) < 4.78 is 0. The third kappa shape index (κ3) is 2.68. The number of thiazole rings is 1. The molecule has 0 radical (unpaired) electrons. The molecule has 1 aromatic rings. The number of nitrogens with zero attached hydrogens (tertiary/aromatic N) is 3. The Labute approximate surface area is 94.7 Å². The van der Waals surface area contributed by atoms with Crippen LogP contribution in [-0.2, 0) is 6.54 Å². The van der Waals surface area contributed by atoms with Crippen molar-refractivity contribution in [1.82, 2.24) is 9.88 Å². The summed E-state index contributed by atoms with van der Waals surface area (Å²) in [5, 5.41) is 3.19. The van der Waals surface area contributed by atoms with Crippen molar-refractivity contribution in [3.63, 3.8) is 0 Å². The van der Waals surface area contributed by atoms with Crippen LogP contribution < -0.4 is 10.6 Å². The van der Waals surface area contributed by atoms with Crippen LogP contribution in [0, 0.1) is 0 Å². The Bertz CT molecular complexity index is 312. The van der Waals surface area contributed by atoms with Gasteiger partial charge in [0.2, 0.25) is 0 Å². The quantitative estimate of drug-likeness (QED) is 0.808. The molecule has 0 unspecified atom stereocenters. The molecule has 2 heterocycles. The largest absolute Gasteiger partial charge is 0.347 e. The van der Waals surface area contributed by atoms with Crippen LogP contribution in [0.15, 0.2) is 5.38 Å². The molecule has 0 saturated carbocycles. The van der Waals surface area contributed by atoms with E-state index in [0.29, 0.717) is 6.54 Å². The van der Waals surface area contributed by atoms with Crippen molar-refractivity contribution < 1.29 is 0 Å². The third-order valence-electron chi connectivity index (χ3n) is 2.74. The average Bonchev–Trinajstić information content (AvgIpc) is 2.62. The molecule has 84 valence electrons. The van der Waals surface area contributed by atoms with E-state index in [-0.39, 0.29) is 0 Å². The highest BCUT2D eigenvalue weighted by Crippen LogP contribution is 2.21. The topological polar surface area (TPSA) is 45.4 Å². The van der Waals surface area contributed by atoms with Crippen molar-refractivity contribution in [2.75, 3.05) is 38.1 Å². The Hall–Kier alpha value is -0.650. The zero-order valence-corrected chi connectivity index (χ0v) is 9.96. The number of anilines is 1. The molecule has 0 aliphatic carbocycles. The van der Waals surface area contributed by atoms with E-state index in [9.17, 15) is 0 Å². The molecule has 0 bridgehead atoms. The molecule has 15 heavy (non-hydrogen) atoms. The Morgan fingerprint density at radius 1 is 1.40 bits per heavy atom. The Morgan fingerprint density at radius 3 is 3.00 bits per heavy atom. The van der Waals surface area contributed by atoms with Gasteiger partial charge in [-0.25, -0.2) is 4.98 Å². The highest BCUT2D eigenvalue weighted by atomic mass is 32.1. The summed E-state index contributed by atoms with van der Waals surface area (Å²) in [5.74, 6) is 0. The molecule has 2 rings (SSSR count). The van der Waals surface area contributed by atoms with Gasteiger partial charge in [-0.15, -0.1) is 11.3 Å². The number of rotatable bonds is 2. The van der Waals surface area contributed by atoms with E-state index in [1.54, 1.807) is 11.3 Å². The van der Waals surface area contributed by atoms with Gasteiger partial charge in [0.05, 0.1) is 5.69 Å². The van der Waals surface area contributed by atoms with Gasteiger partial charge in [0, 0.05) is 31.6 Å². The van der Waals surface area contributed by atoms with Gasteiger partial charge in [0.15, 0.2) is 5.13 Å². The SMILES string of the molecule is CN1CCCN(c2nc(CN)cs2)CC1. The maximum Gasteiger partial charge on any atom is 0.185 e. The lowest BCUT2D eigenvalue weighted by molar-refractivity contribution is 0.360. The zero-order valence-electron chi connectivity index (χ0n) is 9.15. The molecular weight excluding hydrogens is 208 g/mol. The first-order valence-corrected chi connectivity index (χ1v) is 6.25. The highest BCUT2D eigenvalue weighted by molar-refractivity contribution is 7.13. The van der Waals surface area contributed by atoms with Crippen LogP contribution in [0.25, 0.3) is 0 Å². The first kappa shape index (κ1) is 10.9. The molecule has 0 amide bonds. The minimum Gasteiger partial charge on any atom is -0.347 e. The van der Waals surface area contributed by atoms with Gasteiger partial charge in [-0.05, 0) is 20.0 Å². The second-order valence-corrected chi connectivity index (χ2v) is 4.81. The van der Waals surface area contributed by atoms with Gasteiger partial charge >= 0.3 is 0 Å². The zero-order chi connectivity index (χ0) is 10.7. The number of hydrogen-bond acceptors (Lipinski definition) is 5.